The third-order valence-corrected chi connectivity index (χ3v) is 2.14. The summed E-state index contributed by atoms with van der Waals surface area (Å²) >= 11 is 1.26. The van der Waals surface area contributed by atoms with Gasteiger partial charge in [0.25, 0.3) is 5.19 Å². The van der Waals surface area contributed by atoms with Crippen molar-refractivity contribution in [3.05, 3.63) is 36.2 Å². The number of aromatic nitrogens is 2. The van der Waals surface area contributed by atoms with Crippen molar-refractivity contribution in [3.63, 3.8) is 0 Å². The number of hydrogen-bond donors (Lipinski definition) is 0. The van der Waals surface area contributed by atoms with Crippen LogP contribution in [-0.4, -0.2) is 9.36 Å². The van der Waals surface area contributed by atoms with Crippen LogP contribution in [0.5, 0.6) is 10.9 Å². The summed E-state index contributed by atoms with van der Waals surface area (Å²) < 4.78 is 9.46. The van der Waals surface area contributed by atoms with Crippen molar-refractivity contribution >= 4 is 11.5 Å². The van der Waals surface area contributed by atoms with E-state index in [1.807, 2.05) is 37.3 Å². The number of aryl methyl sites for hydroxylation is 1. The van der Waals surface area contributed by atoms with Crippen molar-refractivity contribution in [2.24, 2.45) is 0 Å². The van der Waals surface area contributed by atoms with E-state index in [1.54, 1.807) is 0 Å². The van der Waals surface area contributed by atoms with Gasteiger partial charge in [-0.05, 0) is 19.1 Å². The molecule has 1 aromatic heterocycles. The molecule has 13 heavy (non-hydrogen) atoms. The first-order chi connectivity index (χ1) is 6.34. The Hall–Kier alpha value is -1.42. The van der Waals surface area contributed by atoms with Gasteiger partial charge in [0, 0.05) is 11.5 Å². The Kier molecular flexibility index (Phi) is 2.23. The Labute approximate surface area is 80.2 Å². The van der Waals surface area contributed by atoms with Crippen molar-refractivity contribution in [1.29, 1.82) is 0 Å². The van der Waals surface area contributed by atoms with E-state index in [9.17, 15) is 0 Å². The fraction of sp³-hybridized carbons (Fsp3) is 0.111. The van der Waals surface area contributed by atoms with Gasteiger partial charge < -0.3 is 4.74 Å². The number of rotatable bonds is 2. The molecule has 0 aliphatic carbocycles. The molecular formula is C9H8N2OS. The summed E-state index contributed by atoms with van der Waals surface area (Å²) in [7, 11) is 0. The Bertz CT molecular complexity index is 386. The molecule has 4 heteroatoms. The molecule has 0 spiro atoms. The van der Waals surface area contributed by atoms with Gasteiger partial charge in [-0.2, -0.15) is 9.36 Å². The monoisotopic (exact) mass is 192 g/mol. The van der Waals surface area contributed by atoms with Crippen LogP contribution in [0.15, 0.2) is 30.3 Å². The van der Waals surface area contributed by atoms with Crippen LogP contribution >= 0.6 is 11.5 Å². The van der Waals surface area contributed by atoms with Gasteiger partial charge in [0.15, 0.2) is 0 Å². The third kappa shape index (κ3) is 2.03. The van der Waals surface area contributed by atoms with Gasteiger partial charge in [0.05, 0.1) is 0 Å². The lowest BCUT2D eigenvalue weighted by Gasteiger charge is -1.98. The summed E-state index contributed by atoms with van der Waals surface area (Å²) in [4.78, 5) is 4.09. The maximum absolute atomic E-state index is 5.44. The van der Waals surface area contributed by atoms with Crippen molar-refractivity contribution < 1.29 is 4.74 Å². The van der Waals surface area contributed by atoms with Gasteiger partial charge in [-0.25, -0.2) is 0 Å². The van der Waals surface area contributed by atoms with Crippen molar-refractivity contribution in [1.82, 2.24) is 9.36 Å². The van der Waals surface area contributed by atoms with Gasteiger partial charge in [-0.1, -0.05) is 18.2 Å². The van der Waals surface area contributed by atoms with Crippen LogP contribution in [0.25, 0.3) is 0 Å². The van der Waals surface area contributed by atoms with Crippen LogP contribution in [0, 0.1) is 6.92 Å². The molecular weight excluding hydrogens is 184 g/mol. The highest BCUT2D eigenvalue weighted by molar-refractivity contribution is 7.07. The van der Waals surface area contributed by atoms with Gasteiger partial charge in [-0.3, -0.25) is 0 Å². The first-order valence-electron chi connectivity index (χ1n) is 3.88. The molecule has 66 valence electrons. The van der Waals surface area contributed by atoms with E-state index in [4.69, 9.17) is 4.74 Å². The predicted octanol–water partition coefficient (Wildman–Crippen LogP) is 2.64. The third-order valence-electron chi connectivity index (χ3n) is 1.46. The van der Waals surface area contributed by atoms with Gasteiger partial charge in [0.1, 0.15) is 11.6 Å². The highest BCUT2D eigenvalue weighted by atomic mass is 32.1. The van der Waals surface area contributed by atoms with Crippen LogP contribution in [-0.2, 0) is 0 Å². The van der Waals surface area contributed by atoms with Gasteiger partial charge in [0.2, 0.25) is 0 Å². The van der Waals surface area contributed by atoms with Crippen molar-refractivity contribution in [2.75, 3.05) is 0 Å². The van der Waals surface area contributed by atoms with Crippen LogP contribution < -0.4 is 4.74 Å². The second kappa shape index (κ2) is 3.53. The Morgan fingerprint density at radius 3 is 2.62 bits per heavy atom. The molecule has 2 rings (SSSR count). The number of hydrogen-bond acceptors (Lipinski definition) is 4. The summed E-state index contributed by atoms with van der Waals surface area (Å²) in [5, 5.41) is 0.587. The lowest BCUT2D eigenvalue weighted by molar-refractivity contribution is 0.478. The Morgan fingerprint density at radius 2 is 2.00 bits per heavy atom. The number of ether oxygens (including phenoxy) is 1. The van der Waals surface area contributed by atoms with Crippen LogP contribution in [0.4, 0.5) is 0 Å². The van der Waals surface area contributed by atoms with E-state index in [0.29, 0.717) is 5.19 Å². The molecule has 0 saturated heterocycles. The average molecular weight is 192 g/mol. The van der Waals surface area contributed by atoms with E-state index in [-0.39, 0.29) is 0 Å². The molecule has 1 heterocycles. The number of para-hydroxylation sites is 1. The predicted molar refractivity (Wildman–Crippen MR) is 51.2 cm³/mol. The van der Waals surface area contributed by atoms with Crippen LogP contribution in [0.3, 0.4) is 0 Å². The largest absolute Gasteiger partial charge is 0.430 e. The minimum Gasteiger partial charge on any atom is -0.430 e. The highest BCUT2D eigenvalue weighted by Crippen LogP contribution is 2.21. The molecule has 0 atom stereocenters. The minimum atomic E-state index is 0.587. The quantitative estimate of drug-likeness (QED) is 0.733. The molecule has 0 bridgehead atoms. The fourth-order valence-electron chi connectivity index (χ4n) is 0.909. The summed E-state index contributed by atoms with van der Waals surface area (Å²) in [5.41, 5.74) is 0. The molecule has 3 nitrogen and oxygen atoms in total. The van der Waals surface area contributed by atoms with E-state index in [0.717, 1.165) is 11.6 Å². The molecule has 0 fully saturated rings. The van der Waals surface area contributed by atoms with Gasteiger partial charge >= 0.3 is 0 Å². The van der Waals surface area contributed by atoms with Gasteiger partial charge in [-0.15, -0.1) is 0 Å². The Morgan fingerprint density at radius 1 is 1.23 bits per heavy atom. The first-order valence-corrected chi connectivity index (χ1v) is 4.65. The zero-order chi connectivity index (χ0) is 9.10. The summed E-state index contributed by atoms with van der Waals surface area (Å²) in [6.45, 7) is 1.84. The average Bonchev–Trinajstić information content (AvgIpc) is 2.53. The molecule has 0 radical (unpaired) electrons. The molecule has 0 amide bonds. The minimum absolute atomic E-state index is 0.587. The smallest absolute Gasteiger partial charge is 0.298 e. The lowest BCUT2D eigenvalue weighted by atomic mass is 10.3. The normalized spacial score (nSPS) is 9.92. The first kappa shape index (κ1) is 8.19. The standard InChI is InChI=1S/C9H8N2OS/c1-7-10-9(13-11-7)12-8-5-3-2-4-6-8/h2-6H,1H3. The van der Waals surface area contributed by atoms with Crippen LogP contribution in [0.2, 0.25) is 0 Å². The molecule has 0 saturated carbocycles. The number of benzene rings is 1. The van der Waals surface area contributed by atoms with E-state index in [2.05, 4.69) is 9.36 Å². The zero-order valence-electron chi connectivity index (χ0n) is 7.10. The summed E-state index contributed by atoms with van der Waals surface area (Å²) in [6, 6.07) is 9.55. The molecule has 2 aromatic rings. The molecule has 0 aliphatic heterocycles. The van der Waals surface area contributed by atoms with Crippen LogP contribution in [0.1, 0.15) is 5.82 Å². The van der Waals surface area contributed by atoms with E-state index >= 15 is 0 Å². The lowest BCUT2D eigenvalue weighted by Crippen LogP contribution is -1.81. The maximum Gasteiger partial charge on any atom is 0.298 e. The molecule has 1 aromatic carbocycles. The summed E-state index contributed by atoms with van der Waals surface area (Å²) in [5.74, 6) is 1.54. The fourth-order valence-corrected chi connectivity index (χ4v) is 1.47. The van der Waals surface area contributed by atoms with Crippen molar-refractivity contribution in [2.45, 2.75) is 6.92 Å². The maximum atomic E-state index is 5.44. The SMILES string of the molecule is Cc1nsc(Oc2ccccc2)n1. The van der Waals surface area contributed by atoms with E-state index in [1.165, 1.54) is 11.5 Å². The molecule has 0 aliphatic rings. The highest BCUT2D eigenvalue weighted by Gasteiger charge is 2.01. The molecule has 0 N–H and O–H groups in total. The molecule has 0 unspecified atom stereocenters. The zero-order valence-corrected chi connectivity index (χ0v) is 7.91. The number of nitrogens with zero attached hydrogens (tertiary/aromatic N) is 2. The Balaban J connectivity index is 2.15. The topological polar surface area (TPSA) is 35.0 Å². The van der Waals surface area contributed by atoms with E-state index < -0.39 is 0 Å². The second-order valence-electron chi connectivity index (χ2n) is 2.52. The van der Waals surface area contributed by atoms with Crippen molar-refractivity contribution in [3.8, 4) is 10.9 Å². The summed E-state index contributed by atoms with van der Waals surface area (Å²) in [6.07, 6.45) is 0. The second-order valence-corrected chi connectivity index (χ2v) is 3.24.